The molecule has 2 amide bonds. The molecule has 2 N–H and O–H groups in total. The number of nitrogens with one attached hydrogen (secondary N) is 2. The van der Waals surface area contributed by atoms with Crippen LogP contribution in [0.5, 0.6) is 17.2 Å². The average molecular weight is 348 g/mol. The Labute approximate surface area is 145 Å². The van der Waals surface area contributed by atoms with Crippen molar-refractivity contribution in [2.24, 2.45) is 0 Å². The number of rotatable bonds is 6. The Kier molecular flexibility index (Phi) is 6.05. The highest BCUT2D eigenvalue weighted by Gasteiger charge is 2.16. The van der Waals surface area contributed by atoms with E-state index in [9.17, 15) is 9.18 Å². The molecule has 0 unspecified atom stereocenters. The Balaban J connectivity index is 2.09. The van der Waals surface area contributed by atoms with Crippen molar-refractivity contribution in [1.82, 2.24) is 5.32 Å². The van der Waals surface area contributed by atoms with E-state index in [4.69, 9.17) is 14.2 Å². The second-order valence-corrected chi connectivity index (χ2v) is 5.26. The van der Waals surface area contributed by atoms with Gasteiger partial charge in [-0.15, -0.1) is 0 Å². The maximum atomic E-state index is 13.1. The molecule has 0 heterocycles. The highest BCUT2D eigenvalue weighted by molar-refractivity contribution is 5.90. The quantitative estimate of drug-likeness (QED) is 0.839. The summed E-state index contributed by atoms with van der Waals surface area (Å²) in [4.78, 5) is 12.1. The Morgan fingerprint density at radius 1 is 1.04 bits per heavy atom. The third-order valence-corrected chi connectivity index (χ3v) is 3.66. The molecule has 0 bridgehead atoms. The zero-order valence-corrected chi connectivity index (χ0v) is 14.6. The van der Waals surface area contributed by atoms with Crippen LogP contribution in [0.25, 0.3) is 0 Å². The summed E-state index contributed by atoms with van der Waals surface area (Å²) in [5.74, 6) is 1.13. The molecule has 0 aromatic heterocycles. The van der Waals surface area contributed by atoms with Crippen molar-refractivity contribution in [1.29, 1.82) is 0 Å². The normalized spacial score (nSPS) is 10.1. The van der Waals surface area contributed by atoms with E-state index in [1.807, 2.05) is 0 Å². The summed E-state index contributed by atoms with van der Waals surface area (Å²) in [5.41, 5.74) is 1.91. The van der Waals surface area contributed by atoms with Crippen LogP contribution in [-0.4, -0.2) is 27.4 Å². The summed E-state index contributed by atoms with van der Waals surface area (Å²) < 4.78 is 29.0. The molecule has 0 saturated carbocycles. The minimum Gasteiger partial charge on any atom is -0.493 e. The van der Waals surface area contributed by atoms with Gasteiger partial charge in [-0.2, -0.15) is 0 Å². The fourth-order valence-corrected chi connectivity index (χ4v) is 2.41. The SMILES string of the molecule is COc1ccc(CNC(=O)Nc2ccc(F)cc2C)c(OC)c1OC. The number of urea groups is 1. The van der Waals surface area contributed by atoms with Gasteiger partial charge >= 0.3 is 6.03 Å². The smallest absolute Gasteiger partial charge is 0.319 e. The van der Waals surface area contributed by atoms with Crippen molar-refractivity contribution in [3.05, 3.63) is 47.3 Å². The van der Waals surface area contributed by atoms with Crippen LogP contribution in [0.2, 0.25) is 0 Å². The van der Waals surface area contributed by atoms with E-state index < -0.39 is 6.03 Å². The molecule has 0 aliphatic heterocycles. The summed E-state index contributed by atoms with van der Waals surface area (Å²) in [5, 5.41) is 5.42. The van der Waals surface area contributed by atoms with E-state index in [-0.39, 0.29) is 12.4 Å². The first-order valence-corrected chi connectivity index (χ1v) is 7.59. The second-order valence-electron chi connectivity index (χ2n) is 5.26. The van der Waals surface area contributed by atoms with E-state index in [0.29, 0.717) is 28.5 Å². The lowest BCUT2D eigenvalue weighted by Crippen LogP contribution is -2.28. The molecule has 6 nitrogen and oxygen atoms in total. The predicted octanol–water partition coefficient (Wildman–Crippen LogP) is 3.48. The van der Waals surface area contributed by atoms with Crippen molar-refractivity contribution in [2.75, 3.05) is 26.6 Å². The van der Waals surface area contributed by atoms with E-state index in [0.717, 1.165) is 5.56 Å². The van der Waals surface area contributed by atoms with E-state index >= 15 is 0 Å². The van der Waals surface area contributed by atoms with Crippen molar-refractivity contribution in [3.63, 3.8) is 0 Å². The van der Waals surface area contributed by atoms with Gasteiger partial charge < -0.3 is 24.8 Å². The van der Waals surface area contributed by atoms with Crippen molar-refractivity contribution in [3.8, 4) is 17.2 Å². The van der Waals surface area contributed by atoms with Crippen LogP contribution in [0, 0.1) is 12.7 Å². The van der Waals surface area contributed by atoms with Gasteiger partial charge in [0.15, 0.2) is 11.5 Å². The molecular weight excluding hydrogens is 327 g/mol. The number of halogens is 1. The van der Waals surface area contributed by atoms with Crippen LogP contribution in [0.15, 0.2) is 30.3 Å². The third kappa shape index (κ3) is 4.32. The molecule has 0 saturated heterocycles. The van der Waals surface area contributed by atoms with Crippen molar-refractivity contribution in [2.45, 2.75) is 13.5 Å². The standard InChI is InChI=1S/C18H21FN2O4/c1-11-9-13(19)6-7-14(11)21-18(22)20-10-12-5-8-15(23-2)17(25-4)16(12)24-3/h5-9H,10H2,1-4H3,(H2,20,21,22). The van der Waals surface area contributed by atoms with E-state index in [1.165, 1.54) is 39.5 Å². The average Bonchev–Trinajstić information content (AvgIpc) is 2.61. The molecule has 0 spiro atoms. The molecule has 25 heavy (non-hydrogen) atoms. The van der Waals surface area contributed by atoms with Gasteiger partial charge in [-0.1, -0.05) is 0 Å². The maximum absolute atomic E-state index is 13.1. The number of amides is 2. The topological polar surface area (TPSA) is 68.8 Å². The lowest BCUT2D eigenvalue weighted by Gasteiger charge is -2.16. The Morgan fingerprint density at radius 2 is 1.76 bits per heavy atom. The summed E-state index contributed by atoms with van der Waals surface area (Å²) in [6.07, 6.45) is 0. The van der Waals surface area contributed by atoms with Gasteiger partial charge in [-0.05, 0) is 42.8 Å². The number of anilines is 1. The molecular formula is C18H21FN2O4. The van der Waals surface area contributed by atoms with E-state index in [2.05, 4.69) is 10.6 Å². The number of methoxy groups -OCH3 is 3. The number of benzene rings is 2. The van der Waals surface area contributed by atoms with Gasteiger partial charge in [0.25, 0.3) is 0 Å². The monoisotopic (exact) mass is 348 g/mol. The molecule has 2 rings (SSSR count). The highest BCUT2D eigenvalue weighted by Crippen LogP contribution is 2.39. The molecule has 0 radical (unpaired) electrons. The number of hydrogen-bond donors (Lipinski definition) is 2. The third-order valence-electron chi connectivity index (χ3n) is 3.66. The fourth-order valence-electron chi connectivity index (χ4n) is 2.41. The van der Waals surface area contributed by atoms with Gasteiger partial charge in [-0.25, -0.2) is 9.18 Å². The number of hydrogen-bond acceptors (Lipinski definition) is 4. The zero-order chi connectivity index (χ0) is 18.4. The largest absolute Gasteiger partial charge is 0.493 e. The Morgan fingerprint density at radius 3 is 2.36 bits per heavy atom. The maximum Gasteiger partial charge on any atom is 0.319 e. The molecule has 2 aromatic rings. The second kappa shape index (κ2) is 8.23. The van der Waals surface area contributed by atoms with Gasteiger partial charge in [0.05, 0.1) is 21.3 Å². The number of ether oxygens (including phenoxy) is 3. The van der Waals surface area contributed by atoms with Crippen LogP contribution in [0.1, 0.15) is 11.1 Å². The molecule has 7 heteroatoms. The molecule has 0 atom stereocenters. The zero-order valence-electron chi connectivity index (χ0n) is 14.6. The van der Waals surface area contributed by atoms with E-state index in [1.54, 1.807) is 19.1 Å². The van der Waals surface area contributed by atoms with Crippen LogP contribution in [0.4, 0.5) is 14.9 Å². The minimum atomic E-state index is -0.411. The number of carbonyl (C=O) groups excluding carboxylic acids is 1. The number of carbonyl (C=O) groups is 1. The van der Waals surface area contributed by atoms with Crippen molar-refractivity contribution < 1.29 is 23.4 Å². The molecule has 0 aliphatic carbocycles. The Hall–Kier alpha value is -2.96. The summed E-state index contributed by atoms with van der Waals surface area (Å²) in [6.45, 7) is 1.94. The summed E-state index contributed by atoms with van der Waals surface area (Å²) >= 11 is 0. The van der Waals surface area contributed by atoms with Crippen LogP contribution < -0.4 is 24.8 Å². The summed E-state index contributed by atoms with van der Waals surface area (Å²) in [7, 11) is 4.57. The van der Waals surface area contributed by atoms with Gasteiger partial charge in [0.1, 0.15) is 5.82 Å². The van der Waals surface area contributed by atoms with Crippen LogP contribution >= 0.6 is 0 Å². The minimum absolute atomic E-state index is 0.218. The first-order valence-electron chi connectivity index (χ1n) is 7.59. The molecule has 134 valence electrons. The van der Waals surface area contributed by atoms with Crippen molar-refractivity contribution >= 4 is 11.7 Å². The lowest BCUT2D eigenvalue weighted by atomic mass is 10.1. The summed E-state index contributed by atoms with van der Waals surface area (Å²) in [6, 6.07) is 7.27. The van der Waals surface area contributed by atoms with Gasteiger partial charge in [0, 0.05) is 17.8 Å². The van der Waals surface area contributed by atoms with Gasteiger partial charge in [-0.3, -0.25) is 0 Å². The molecule has 0 fully saturated rings. The lowest BCUT2D eigenvalue weighted by molar-refractivity contribution is 0.251. The number of aryl methyl sites for hydroxylation is 1. The predicted molar refractivity (Wildman–Crippen MR) is 93.1 cm³/mol. The Bertz CT molecular complexity index is 765. The first kappa shape index (κ1) is 18.4. The highest BCUT2D eigenvalue weighted by atomic mass is 19.1. The van der Waals surface area contributed by atoms with Crippen LogP contribution in [0.3, 0.4) is 0 Å². The molecule has 0 aliphatic rings. The van der Waals surface area contributed by atoms with Crippen LogP contribution in [-0.2, 0) is 6.54 Å². The van der Waals surface area contributed by atoms with Gasteiger partial charge in [0.2, 0.25) is 5.75 Å². The fraction of sp³-hybridized carbons (Fsp3) is 0.278. The molecule has 2 aromatic carbocycles. The first-order chi connectivity index (χ1) is 12.0.